The maximum absolute atomic E-state index is 12.5. The predicted octanol–water partition coefficient (Wildman–Crippen LogP) is 3.54. The van der Waals surface area contributed by atoms with Gasteiger partial charge in [-0.25, -0.2) is 9.97 Å². The highest BCUT2D eigenvalue weighted by Crippen LogP contribution is 2.35. The molecule has 0 aliphatic heterocycles. The summed E-state index contributed by atoms with van der Waals surface area (Å²) >= 11 is 3.20. The lowest BCUT2D eigenvalue weighted by atomic mass is 10.1. The van der Waals surface area contributed by atoms with Gasteiger partial charge >= 0.3 is 0 Å². The summed E-state index contributed by atoms with van der Waals surface area (Å²) in [5, 5.41) is 8.94. The molecule has 0 radical (unpaired) electrons. The van der Waals surface area contributed by atoms with E-state index in [4.69, 9.17) is 0 Å². The minimum atomic E-state index is 0.00151. The SMILES string of the molecule is O=c1[nH]c(CSc2n[nH]c(C3CCCC3)n2)nc2sc3c(c12)CCC3. The van der Waals surface area contributed by atoms with E-state index in [9.17, 15) is 4.79 Å². The quantitative estimate of drug-likeness (QED) is 0.683. The molecule has 0 aromatic carbocycles. The van der Waals surface area contributed by atoms with Crippen molar-refractivity contribution in [2.45, 2.75) is 61.8 Å². The van der Waals surface area contributed by atoms with E-state index in [1.807, 2.05) is 0 Å². The van der Waals surface area contributed by atoms with Gasteiger partial charge < -0.3 is 4.98 Å². The Kier molecular flexibility index (Phi) is 3.89. The number of aromatic nitrogens is 5. The van der Waals surface area contributed by atoms with Crippen molar-refractivity contribution in [3.63, 3.8) is 0 Å². The van der Waals surface area contributed by atoms with E-state index in [2.05, 4.69) is 25.1 Å². The summed E-state index contributed by atoms with van der Waals surface area (Å²) in [4.78, 5) is 26.9. The largest absolute Gasteiger partial charge is 0.309 e. The van der Waals surface area contributed by atoms with E-state index >= 15 is 0 Å². The fourth-order valence-corrected chi connectivity index (χ4v) is 5.91. The average Bonchev–Trinajstić information content (AvgIpc) is 3.34. The third-order valence-corrected chi connectivity index (χ3v) is 7.23. The molecule has 0 atom stereocenters. The first-order chi connectivity index (χ1) is 12.3. The summed E-state index contributed by atoms with van der Waals surface area (Å²) in [6, 6.07) is 0. The van der Waals surface area contributed by atoms with E-state index in [0.717, 1.165) is 40.5 Å². The molecule has 0 amide bonds. The zero-order valence-electron chi connectivity index (χ0n) is 13.8. The van der Waals surface area contributed by atoms with Crippen LogP contribution in [0, 0.1) is 0 Å². The average molecular weight is 374 g/mol. The highest BCUT2D eigenvalue weighted by atomic mass is 32.2. The number of fused-ring (bicyclic) bond motifs is 3. The molecule has 6 nitrogen and oxygen atoms in total. The molecule has 3 aromatic heterocycles. The number of nitrogens with zero attached hydrogens (tertiary/aromatic N) is 3. The van der Waals surface area contributed by atoms with Gasteiger partial charge in [0.25, 0.3) is 5.56 Å². The molecule has 0 bridgehead atoms. The van der Waals surface area contributed by atoms with E-state index in [-0.39, 0.29) is 5.56 Å². The third-order valence-electron chi connectivity index (χ3n) is 5.19. The molecule has 3 heterocycles. The van der Waals surface area contributed by atoms with Crippen LogP contribution in [0.15, 0.2) is 9.95 Å². The van der Waals surface area contributed by atoms with Gasteiger partial charge in [-0.3, -0.25) is 9.89 Å². The lowest BCUT2D eigenvalue weighted by Gasteiger charge is -2.02. The van der Waals surface area contributed by atoms with Crippen LogP contribution in [0.2, 0.25) is 0 Å². The molecular formula is C17H19N5OS2. The van der Waals surface area contributed by atoms with Gasteiger partial charge in [0.15, 0.2) is 0 Å². The number of nitrogens with one attached hydrogen (secondary N) is 2. The van der Waals surface area contributed by atoms with E-state index in [1.165, 1.54) is 47.9 Å². The molecule has 8 heteroatoms. The molecular weight excluding hydrogens is 354 g/mol. The van der Waals surface area contributed by atoms with Crippen molar-refractivity contribution in [3.8, 4) is 0 Å². The number of aryl methyl sites for hydroxylation is 2. The highest BCUT2D eigenvalue weighted by Gasteiger charge is 2.22. The number of H-pyrrole nitrogens is 2. The van der Waals surface area contributed by atoms with Crippen molar-refractivity contribution < 1.29 is 0 Å². The normalized spacial score (nSPS) is 17.6. The second-order valence-corrected chi connectivity index (χ2v) is 8.85. The molecule has 1 fully saturated rings. The van der Waals surface area contributed by atoms with Crippen LogP contribution < -0.4 is 5.56 Å². The van der Waals surface area contributed by atoms with Crippen molar-refractivity contribution in [2.24, 2.45) is 0 Å². The lowest BCUT2D eigenvalue weighted by Crippen LogP contribution is -2.11. The topological polar surface area (TPSA) is 87.3 Å². The number of thioether (sulfide) groups is 1. The molecule has 2 aliphatic rings. The minimum Gasteiger partial charge on any atom is -0.309 e. The first-order valence-corrected chi connectivity index (χ1v) is 10.7. The Bertz CT molecular complexity index is 983. The smallest absolute Gasteiger partial charge is 0.259 e. The van der Waals surface area contributed by atoms with Gasteiger partial charge in [-0.15, -0.1) is 16.4 Å². The molecule has 1 saturated carbocycles. The summed E-state index contributed by atoms with van der Waals surface area (Å²) in [6.45, 7) is 0. The van der Waals surface area contributed by atoms with Crippen LogP contribution in [0.5, 0.6) is 0 Å². The monoisotopic (exact) mass is 373 g/mol. The van der Waals surface area contributed by atoms with Crippen LogP contribution >= 0.6 is 23.1 Å². The molecule has 5 rings (SSSR count). The van der Waals surface area contributed by atoms with Crippen LogP contribution in [-0.2, 0) is 18.6 Å². The Balaban J connectivity index is 1.35. The van der Waals surface area contributed by atoms with Gasteiger partial charge in [0.05, 0.1) is 11.1 Å². The van der Waals surface area contributed by atoms with Crippen LogP contribution in [0.4, 0.5) is 0 Å². The first kappa shape index (κ1) is 15.6. The number of hydrogen-bond acceptors (Lipinski definition) is 6. The second kappa shape index (κ2) is 6.25. The highest BCUT2D eigenvalue weighted by molar-refractivity contribution is 7.98. The summed E-state index contributed by atoms with van der Waals surface area (Å²) in [5.74, 6) is 2.82. The lowest BCUT2D eigenvalue weighted by molar-refractivity contribution is 0.671. The number of rotatable bonds is 4. The molecule has 0 unspecified atom stereocenters. The Hall–Kier alpha value is -1.67. The van der Waals surface area contributed by atoms with Crippen molar-refractivity contribution in [3.05, 3.63) is 32.4 Å². The zero-order chi connectivity index (χ0) is 16.8. The van der Waals surface area contributed by atoms with E-state index < -0.39 is 0 Å². The van der Waals surface area contributed by atoms with E-state index in [1.54, 1.807) is 11.3 Å². The maximum Gasteiger partial charge on any atom is 0.259 e. The predicted molar refractivity (Wildman–Crippen MR) is 99.4 cm³/mol. The summed E-state index contributed by atoms with van der Waals surface area (Å²) < 4.78 is 0. The first-order valence-electron chi connectivity index (χ1n) is 8.86. The number of hydrogen-bond donors (Lipinski definition) is 2. The molecule has 0 saturated heterocycles. The number of thiophene rings is 1. The van der Waals surface area contributed by atoms with Crippen LogP contribution in [-0.4, -0.2) is 25.1 Å². The van der Waals surface area contributed by atoms with Crippen molar-refractivity contribution in [1.29, 1.82) is 0 Å². The fourth-order valence-electron chi connectivity index (χ4n) is 3.95. The molecule has 2 aliphatic carbocycles. The Morgan fingerprint density at radius 1 is 1.16 bits per heavy atom. The van der Waals surface area contributed by atoms with Crippen molar-refractivity contribution in [2.75, 3.05) is 0 Å². The Labute approximate surface area is 152 Å². The standard InChI is InChI=1S/C17H19N5OS2/c23-15-13-10-6-3-7-11(10)25-16(13)19-12(18-15)8-24-17-20-14(21-22-17)9-4-1-2-5-9/h9H,1-8H2,(H,18,19,23)(H,20,21,22). The third kappa shape index (κ3) is 2.81. The molecule has 130 valence electrons. The molecule has 3 aromatic rings. The molecule has 25 heavy (non-hydrogen) atoms. The van der Waals surface area contributed by atoms with E-state index in [0.29, 0.717) is 17.5 Å². The Morgan fingerprint density at radius 2 is 2.04 bits per heavy atom. The molecule has 0 spiro atoms. The fraction of sp³-hybridized carbons (Fsp3) is 0.529. The molecule has 2 N–H and O–H groups in total. The van der Waals surface area contributed by atoms with Crippen LogP contribution in [0.25, 0.3) is 10.2 Å². The summed E-state index contributed by atoms with van der Waals surface area (Å²) in [7, 11) is 0. The van der Waals surface area contributed by atoms with Crippen molar-refractivity contribution in [1.82, 2.24) is 25.1 Å². The Morgan fingerprint density at radius 3 is 2.92 bits per heavy atom. The van der Waals surface area contributed by atoms with Gasteiger partial charge in [-0.2, -0.15) is 0 Å². The summed E-state index contributed by atoms with van der Waals surface area (Å²) in [5.41, 5.74) is 1.23. The van der Waals surface area contributed by atoms with Gasteiger partial charge in [0.2, 0.25) is 5.16 Å². The van der Waals surface area contributed by atoms with Gasteiger partial charge in [0, 0.05) is 10.8 Å². The summed E-state index contributed by atoms with van der Waals surface area (Å²) in [6.07, 6.45) is 8.22. The maximum atomic E-state index is 12.5. The minimum absolute atomic E-state index is 0.00151. The second-order valence-electron chi connectivity index (χ2n) is 6.82. The van der Waals surface area contributed by atoms with Crippen molar-refractivity contribution >= 4 is 33.3 Å². The number of aromatic amines is 2. The zero-order valence-corrected chi connectivity index (χ0v) is 15.4. The van der Waals surface area contributed by atoms with Gasteiger partial charge in [0.1, 0.15) is 16.5 Å². The van der Waals surface area contributed by atoms with Crippen LogP contribution in [0.3, 0.4) is 0 Å². The van der Waals surface area contributed by atoms with Gasteiger partial charge in [-0.05, 0) is 37.7 Å². The van der Waals surface area contributed by atoms with Crippen LogP contribution in [0.1, 0.15) is 60.1 Å². The van der Waals surface area contributed by atoms with Gasteiger partial charge in [-0.1, -0.05) is 24.6 Å².